The van der Waals surface area contributed by atoms with Crippen molar-refractivity contribution in [1.82, 2.24) is 0 Å². The number of hydrogen-bond acceptors (Lipinski definition) is 1. The van der Waals surface area contributed by atoms with Crippen LogP contribution in [0.15, 0.2) is 47.5 Å². The van der Waals surface area contributed by atoms with E-state index in [1.807, 2.05) is 12.1 Å². The van der Waals surface area contributed by atoms with Crippen molar-refractivity contribution < 1.29 is 0 Å². The number of aliphatic imine (C=N–C) groups is 1. The van der Waals surface area contributed by atoms with Gasteiger partial charge in [0.15, 0.2) is 5.96 Å². The van der Waals surface area contributed by atoms with Gasteiger partial charge in [-0.1, -0.05) is 42.8 Å². The van der Waals surface area contributed by atoms with E-state index in [2.05, 4.69) is 61.4 Å². The van der Waals surface area contributed by atoms with Crippen LogP contribution in [-0.2, 0) is 13.0 Å². The molecule has 2 aromatic carbocycles. The maximum absolute atomic E-state index is 5.96. The van der Waals surface area contributed by atoms with Crippen molar-refractivity contribution in [2.75, 3.05) is 5.32 Å². The summed E-state index contributed by atoms with van der Waals surface area (Å²) in [5, 5.41) is 3.15. The topological polar surface area (TPSA) is 50.4 Å². The van der Waals surface area contributed by atoms with Crippen molar-refractivity contribution >= 4 is 11.6 Å². The number of rotatable bonds is 4. The Morgan fingerprint density at radius 3 is 2.67 bits per heavy atom. The molecule has 0 amide bonds. The molecule has 0 spiro atoms. The van der Waals surface area contributed by atoms with Crippen LogP contribution < -0.4 is 11.1 Å². The van der Waals surface area contributed by atoms with Crippen LogP contribution in [-0.4, -0.2) is 5.96 Å². The normalized spacial score (nSPS) is 11.5. The zero-order valence-electron chi connectivity index (χ0n) is 13.0. The molecule has 3 N–H and O–H groups in total. The molecular weight excluding hydrogens is 258 g/mol. The van der Waals surface area contributed by atoms with Crippen molar-refractivity contribution in [3.8, 4) is 0 Å². The molecule has 110 valence electrons. The third kappa shape index (κ3) is 4.35. The molecule has 0 saturated carbocycles. The van der Waals surface area contributed by atoms with Crippen molar-refractivity contribution in [1.29, 1.82) is 0 Å². The van der Waals surface area contributed by atoms with Gasteiger partial charge in [-0.15, -0.1) is 0 Å². The van der Waals surface area contributed by atoms with Crippen LogP contribution in [0.4, 0.5) is 5.69 Å². The van der Waals surface area contributed by atoms with Gasteiger partial charge >= 0.3 is 0 Å². The van der Waals surface area contributed by atoms with Crippen LogP contribution in [0.3, 0.4) is 0 Å². The van der Waals surface area contributed by atoms with Gasteiger partial charge in [0.2, 0.25) is 0 Å². The molecule has 21 heavy (non-hydrogen) atoms. The van der Waals surface area contributed by atoms with Gasteiger partial charge < -0.3 is 11.1 Å². The summed E-state index contributed by atoms with van der Waals surface area (Å²) >= 11 is 0. The number of hydrogen-bond donors (Lipinski definition) is 2. The molecule has 0 aliphatic carbocycles. The molecule has 0 radical (unpaired) electrons. The van der Waals surface area contributed by atoms with Gasteiger partial charge in [0.05, 0.1) is 6.54 Å². The third-order valence-corrected chi connectivity index (χ3v) is 3.53. The number of nitrogens with zero attached hydrogens (tertiary/aromatic N) is 1. The predicted octanol–water partition coefficient (Wildman–Crippen LogP) is 3.79. The molecule has 0 fully saturated rings. The smallest absolute Gasteiger partial charge is 0.193 e. The Hall–Kier alpha value is -2.29. The van der Waals surface area contributed by atoms with Crippen molar-refractivity contribution in [2.24, 2.45) is 10.7 Å². The third-order valence-electron chi connectivity index (χ3n) is 3.53. The fourth-order valence-corrected chi connectivity index (χ4v) is 2.25. The van der Waals surface area contributed by atoms with Gasteiger partial charge in [-0.2, -0.15) is 0 Å². The van der Waals surface area contributed by atoms with E-state index in [1.54, 1.807) is 0 Å². The summed E-state index contributed by atoms with van der Waals surface area (Å²) in [6, 6.07) is 14.6. The summed E-state index contributed by atoms with van der Waals surface area (Å²) in [5.74, 6) is 0.447. The molecule has 0 aliphatic rings. The highest BCUT2D eigenvalue weighted by Gasteiger charge is 1.99. The molecule has 0 atom stereocenters. The zero-order chi connectivity index (χ0) is 15.2. The van der Waals surface area contributed by atoms with Gasteiger partial charge in [0.25, 0.3) is 0 Å². The highest BCUT2D eigenvalue weighted by atomic mass is 15.1. The van der Waals surface area contributed by atoms with Crippen molar-refractivity contribution in [2.45, 2.75) is 33.7 Å². The first-order valence-electron chi connectivity index (χ1n) is 7.30. The van der Waals surface area contributed by atoms with Gasteiger partial charge in [-0.25, -0.2) is 4.99 Å². The van der Waals surface area contributed by atoms with Crippen molar-refractivity contribution in [3.63, 3.8) is 0 Å². The number of nitrogens with two attached hydrogens (primary N) is 1. The van der Waals surface area contributed by atoms with E-state index in [-0.39, 0.29) is 0 Å². The van der Waals surface area contributed by atoms with Gasteiger partial charge in [-0.3, -0.25) is 0 Å². The zero-order valence-corrected chi connectivity index (χ0v) is 13.0. The first-order chi connectivity index (χ1) is 10.1. The van der Waals surface area contributed by atoms with Crippen LogP contribution in [0, 0.1) is 13.8 Å². The van der Waals surface area contributed by atoms with E-state index in [1.165, 1.54) is 22.3 Å². The lowest BCUT2D eigenvalue weighted by molar-refractivity contribution is 1.04. The van der Waals surface area contributed by atoms with Crippen LogP contribution in [0.1, 0.15) is 29.2 Å². The second-order valence-corrected chi connectivity index (χ2v) is 5.31. The standard InChI is InChI=1S/C18H23N3/c1-4-15-6-5-7-17(11-15)21-18(19)20-12-16-9-8-13(2)10-14(16)3/h5-11H,4,12H2,1-3H3,(H3,19,20,21). The van der Waals surface area contributed by atoms with E-state index in [0.29, 0.717) is 12.5 Å². The van der Waals surface area contributed by atoms with Gasteiger partial charge in [0, 0.05) is 5.69 Å². The highest BCUT2D eigenvalue weighted by molar-refractivity contribution is 5.92. The van der Waals surface area contributed by atoms with Crippen LogP contribution >= 0.6 is 0 Å². The van der Waals surface area contributed by atoms with Crippen LogP contribution in [0.5, 0.6) is 0 Å². The van der Waals surface area contributed by atoms with E-state index in [0.717, 1.165) is 12.1 Å². The van der Waals surface area contributed by atoms with Crippen LogP contribution in [0.2, 0.25) is 0 Å². The second-order valence-electron chi connectivity index (χ2n) is 5.31. The summed E-state index contributed by atoms with van der Waals surface area (Å²) < 4.78 is 0. The first kappa shape index (κ1) is 15.1. The largest absolute Gasteiger partial charge is 0.370 e. The summed E-state index contributed by atoms with van der Waals surface area (Å²) in [5.41, 5.74) is 11.9. The number of benzene rings is 2. The monoisotopic (exact) mass is 281 g/mol. The minimum absolute atomic E-state index is 0.447. The quantitative estimate of drug-likeness (QED) is 0.661. The van der Waals surface area contributed by atoms with E-state index < -0.39 is 0 Å². The lowest BCUT2D eigenvalue weighted by Gasteiger charge is -2.08. The molecule has 2 aromatic rings. The fourth-order valence-electron chi connectivity index (χ4n) is 2.25. The van der Waals surface area contributed by atoms with Crippen LogP contribution in [0.25, 0.3) is 0 Å². The molecule has 0 aliphatic heterocycles. The lowest BCUT2D eigenvalue weighted by atomic mass is 10.1. The Bertz CT molecular complexity index is 645. The summed E-state index contributed by atoms with van der Waals surface area (Å²) in [6.45, 7) is 6.93. The predicted molar refractivity (Wildman–Crippen MR) is 90.7 cm³/mol. The highest BCUT2D eigenvalue weighted by Crippen LogP contribution is 2.13. The molecule has 2 rings (SSSR count). The Labute approximate surface area is 126 Å². The number of anilines is 1. The molecule has 3 heteroatoms. The average Bonchev–Trinajstić information content (AvgIpc) is 2.46. The average molecular weight is 281 g/mol. The van der Waals surface area contributed by atoms with E-state index in [4.69, 9.17) is 5.73 Å². The minimum atomic E-state index is 0.447. The minimum Gasteiger partial charge on any atom is -0.370 e. The van der Waals surface area contributed by atoms with Crippen molar-refractivity contribution in [3.05, 3.63) is 64.7 Å². The Morgan fingerprint density at radius 1 is 1.14 bits per heavy atom. The summed E-state index contributed by atoms with van der Waals surface area (Å²) in [7, 11) is 0. The van der Waals surface area contributed by atoms with E-state index >= 15 is 0 Å². The molecule has 3 nitrogen and oxygen atoms in total. The molecule has 0 heterocycles. The number of aryl methyl sites for hydroxylation is 3. The Morgan fingerprint density at radius 2 is 1.95 bits per heavy atom. The number of nitrogens with one attached hydrogen (secondary N) is 1. The van der Waals surface area contributed by atoms with Gasteiger partial charge in [-0.05, 0) is 49.1 Å². The summed E-state index contributed by atoms with van der Waals surface area (Å²) in [4.78, 5) is 4.42. The number of guanidine groups is 1. The van der Waals surface area contributed by atoms with E-state index in [9.17, 15) is 0 Å². The SMILES string of the molecule is CCc1cccc(NC(N)=NCc2ccc(C)cc2C)c1. The maximum Gasteiger partial charge on any atom is 0.193 e. The van der Waals surface area contributed by atoms with Gasteiger partial charge in [0.1, 0.15) is 0 Å². The molecule has 0 saturated heterocycles. The Kier molecular flexibility index (Phi) is 4.99. The Balaban J connectivity index is 2.03. The molecule has 0 aromatic heterocycles. The fraction of sp³-hybridized carbons (Fsp3) is 0.278. The molecule has 0 bridgehead atoms. The molecule has 0 unspecified atom stereocenters. The molecular formula is C18H23N3. The summed E-state index contributed by atoms with van der Waals surface area (Å²) in [6.07, 6.45) is 1.01. The second kappa shape index (κ2) is 6.93. The maximum atomic E-state index is 5.96. The lowest BCUT2D eigenvalue weighted by Crippen LogP contribution is -2.22. The first-order valence-corrected chi connectivity index (χ1v) is 7.30.